The number of ether oxygens (including phenoxy) is 1. The lowest BCUT2D eigenvalue weighted by Gasteiger charge is -2.06. The molecular weight excluding hydrogens is 377 g/mol. The van der Waals surface area contributed by atoms with Gasteiger partial charge in [-0.3, -0.25) is 4.79 Å². The van der Waals surface area contributed by atoms with Crippen LogP contribution < -0.4 is 10.1 Å². The van der Waals surface area contributed by atoms with Crippen LogP contribution in [0.3, 0.4) is 0 Å². The Balaban J connectivity index is 1.36. The molecule has 0 aliphatic rings. The van der Waals surface area contributed by atoms with Gasteiger partial charge in [-0.05, 0) is 36.4 Å². The van der Waals surface area contributed by atoms with Gasteiger partial charge in [-0.2, -0.15) is 4.52 Å². The van der Waals surface area contributed by atoms with Crippen molar-refractivity contribution in [2.75, 3.05) is 13.2 Å². The first kappa shape index (κ1) is 18.4. The van der Waals surface area contributed by atoms with Crippen LogP contribution in [0.2, 0.25) is 0 Å². The molecule has 8 nitrogen and oxygen atoms in total. The molecule has 4 rings (SSSR count). The highest BCUT2D eigenvalue weighted by atomic mass is 19.1. The molecule has 3 aromatic heterocycles. The lowest BCUT2D eigenvalue weighted by molar-refractivity contribution is -0.116. The molecule has 0 spiro atoms. The Morgan fingerprint density at radius 3 is 2.97 bits per heavy atom. The fraction of sp³-hybridized carbons (Fsp3) is 0.100. The molecule has 1 amide bonds. The Bertz CT molecular complexity index is 1150. The fourth-order valence-electron chi connectivity index (χ4n) is 2.59. The first-order valence-corrected chi connectivity index (χ1v) is 8.80. The highest BCUT2D eigenvalue weighted by Crippen LogP contribution is 2.19. The number of nitrogens with zero attached hydrogens (tertiary/aromatic N) is 4. The number of halogens is 1. The maximum absolute atomic E-state index is 13.5. The molecule has 0 atom stereocenters. The molecule has 0 unspecified atom stereocenters. The third kappa shape index (κ3) is 4.46. The average molecular weight is 393 g/mol. The molecule has 0 aliphatic carbocycles. The topological polar surface area (TPSA) is 94.5 Å². The molecule has 0 saturated carbocycles. The number of hydrogen-bond acceptors (Lipinski definition) is 6. The number of fused-ring (bicyclic) bond motifs is 1. The molecule has 1 aromatic carbocycles. The Kier molecular flexibility index (Phi) is 5.28. The Morgan fingerprint density at radius 2 is 2.14 bits per heavy atom. The van der Waals surface area contributed by atoms with Crippen molar-refractivity contribution >= 4 is 17.6 Å². The summed E-state index contributed by atoms with van der Waals surface area (Å²) in [7, 11) is 0. The van der Waals surface area contributed by atoms with E-state index in [0.717, 1.165) is 0 Å². The Labute approximate surface area is 164 Å². The number of rotatable bonds is 7. The summed E-state index contributed by atoms with van der Waals surface area (Å²) in [6.45, 7) is 0.510. The average Bonchev–Trinajstić information content (AvgIpc) is 3.39. The van der Waals surface area contributed by atoms with Crippen LogP contribution in [0.5, 0.6) is 5.88 Å². The fourth-order valence-corrected chi connectivity index (χ4v) is 2.59. The molecule has 146 valence electrons. The van der Waals surface area contributed by atoms with E-state index in [9.17, 15) is 9.18 Å². The van der Waals surface area contributed by atoms with Crippen molar-refractivity contribution in [2.24, 2.45) is 0 Å². The number of carbonyl (C=O) groups excluding carboxylic acids is 1. The highest BCUT2D eigenvalue weighted by molar-refractivity contribution is 5.91. The van der Waals surface area contributed by atoms with Crippen LogP contribution in [-0.4, -0.2) is 38.9 Å². The van der Waals surface area contributed by atoms with Crippen LogP contribution in [0, 0.1) is 5.82 Å². The van der Waals surface area contributed by atoms with E-state index in [4.69, 9.17) is 9.15 Å². The van der Waals surface area contributed by atoms with Crippen molar-refractivity contribution in [3.8, 4) is 17.3 Å². The van der Waals surface area contributed by atoms with Gasteiger partial charge in [0.1, 0.15) is 18.2 Å². The zero-order chi connectivity index (χ0) is 20.1. The van der Waals surface area contributed by atoms with E-state index in [1.807, 2.05) is 0 Å². The van der Waals surface area contributed by atoms with Crippen LogP contribution in [0.25, 0.3) is 23.1 Å². The van der Waals surface area contributed by atoms with Gasteiger partial charge in [0.05, 0.1) is 12.8 Å². The largest absolute Gasteiger partial charge is 0.475 e. The molecule has 0 aliphatic heterocycles. The van der Waals surface area contributed by atoms with Gasteiger partial charge in [-0.25, -0.2) is 4.39 Å². The van der Waals surface area contributed by atoms with Crippen molar-refractivity contribution in [2.45, 2.75) is 0 Å². The molecule has 1 N–H and O–H groups in total. The molecule has 29 heavy (non-hydrogen) atoms. The normalized spacial score (nSPS) is 11.2. The molecule has 0 saturated heterocycles. The van der Waals surface area contributed by atoms with E-state index in [-0.39, 0.29) is 18.3 Å². The van der Waals surface area contributed by atoms with Crippen LogP contribution in [0.4, 0.5) is 4.39 Å². The summed E-state index contributed by atoms with van der Waals surface area (Å²) in [5.41, 5.74) is 1.06. The maximum atomic E-state index is 13.5. The summed E-state index contributed by atoms with van der Waals surface area (Å²) < 4.78 is 25.7. The zero-order valence-electron chi connectivity index (χ0n) is 15.2. The van der Waals surface area contributed by atoms with Crippen molar-refractivity contribution in [3.63, 3.8) is 0 Å². The predicted molar refractivity (Wildman–Crippen MR) is 102 cm³/mol. The SMILES string of the molecule is O=C(/C=C/c1ccco1)NCCOc1ccc2nnc(-c3cccc(F)c3)n2n1. The third-order valence-corrected chi connectivity index (χ3v) is 3.91. The van der Waals surface area contributed by atoms with E-state index in [0.29, 0.717) is 35.2 Å². The number of benzene rings is 1. The first-order valence-electron chi connectivity index (χ1n) is 8.80. The number of carbonyl (C=O) groups is 1. The third-order valence-electron chi connectivity index (χ3n) is 3.91. The van der Waals surface area contributed by atoms with E-state index in [1.54, 1.807) is 42.5 Å². The van der Waals surface area contributed by atoms with E-state index in [1.165, 1.54) is 29.0 Å². The summed E-state index contributed by atoms with van der Waals surface area (Å²) in [6, 6.07) is 12.9. The number of amides is 1. The van der Waals surface area contributed by atoms with Crippen molar-refractivity contribution < 1.29 is 18.3 Å². The van der Waals surface area contributed by atoms with Crippen molar-refractivity contribution in [3.05, 3.63) is 72.4 Å². The zero-order valence-corrected chi connectivity index (χ0v) is 15.2. The lowest BCUT2D eigenvalue weighted by atomic mass is 10.2. The van der Waals surface area contributed by atoms with Gasteiger partial charge in [0.15, 0.2) is 11.5 Å². The molecular formula is C20H16FN5O3. The second-order valence-corrected chi connectivity index (χ2v) is 5.96. The molecule has 0 bridgehead atoms. The Morgan fingerprint density at radius 1 is 1.21 bits per heavy atom. The molecule has 0 fully saturated rings. The summed E-state index contributed by atoms with van der Waals surface area (Å²) in [4.78, 5) is 11.8. The standard InChI is InChI=1S/C20H16FN5O3/c21-15-4-1-3-14(13-15)20-24-23-17-7-9-19(25-26(17)20)29-12-10-22-18(27)8-6-16-5-2-11-28-16/h1-9,11,13H,10,12H2,(H,22,27)/b8-6+. The van der Waals surface area contributed by atoms with Gasteiger partial charge in [-0.1, -0.05) is 12.1 Å². The molecule has 0 radical (unpaired) electrons. The number of nitrogens with one attached hydrogen (secondary N) is 1. The molecule has 3 heterocycles. The quantitative estimate of drug-likeness (QED) is 0.383. The number of furan rings is 1. The van der Waals surface area contributed by atoms with Crippen molar-refractivity contribution in [1.82, 2.24) is 25.1 Å². The Hall–Kier alpha value is -4.01. The van der Waals surface area contributed by atoms with Gasteiger partial charge >= 0.3 is 0 Å². The lowest BCUT2D eigenvalue weighted by Crippen LogP contribution is -2.26. The predicted octanol–water partition coefficient (Wildman–Crippen LogP) is 2.73. The van der Waals surface area contributed by atoms with Crippen LogP contribution in [-0.2, 0) is 4.79 Å². The summed E-state index contributed by atoms with van der Waals surface area (Å²) in [5, 5.41) is 15.1. The van der Waals surface area contributed by atoms with Gasteiger partial charge < -0.3 is 14.5 Å². The minimum absolute atomic E-state index is 0.219. The van der Waals surface area contributed by atoms with Gasteiger partial charge in [0, 0.05) is 17.7 Å². The van der Waals surface area contributed by atoms with Crippen molar-refractivity contribution in [1.29, 1.82) is 0 Å². The minimum atomic E-state index is -0.372. The maximum Gasteiger partial charge on any atom is 0.244 e. The van der Waals surface area contributed by atoms with Gasteiger partial charge in [0.2, 0.25) is 11.8 Å². The van der Waals surface area contributed by atoms with E-state index >= 15 is 0 Å². The second-order valence-electron chi connectivity index (χ2n) is 5.96. The first-order chi connectivity index (χ1) is 14.2. The number of hydrogen-bond donors (Lipinski definition) is 1. The number of aromatic nitrogens is 4. The van der Waals surface area contributed by atoms with Crippen LogP contribution in [0.1, 0.15) is 5.76 Å². The summed E-state index contributed by atoms with van der Waals surface area (Å²) in [5.74, 6) is 0.692. The smallest absolute Gasteiger partial charge is 0.244 e. The van der Waals surface area contributed by atoms with E-state index in [2.05, 4.69) is 20.6 Å². The van der Waals surface area contributed by atoms with Crippen LogP contribution >= 0.6 is 0 Å². The van der Waals surface area contributed by atoms with Gasteiger partial charge in [-0.15, -0.1) is 15.3 Å². The summed E-state index contributed by atoms with van der Waals surface area (Å²) in [6.07, 6.45) is 4.49. The van der Waals surface area contributed by atoms with Gasteiger partial charge in [0.25, 0.3) is 0 Å². The van der Waals surface area contributed by atoms with E-state index < -0.39 is 0 Å². The van der Waals surface area contributed by atoms with Crippen LogP contribution in [0.15, 0.2) is 65.3 Å². The monoisotopic (exact) mass is 393 g/mol. The second kappa shape index (κ2) is 8.34. The molecule has 9 heteroatoms. The minimum Gasteiger partial charge on any atom is -0.475 e. The highest BCUT2D eigenvalue weighted by Gasteiger charge is 2.11. The summed E-state index contributed by atoms with van der Waals surface area (Å²) >= 11 is 0. The molecule has 4 aromatic rings.